The fourth-order valence-corrected chi connectivity index (χ4v) is 4.64. The zero-order valence-corrected chi connectivity index (χ0v) is 17.4. The molecule has 2 aromatic rings. The van der Waals surface area contributed by atoms with E-state index in [4.69, 9.17) is 15.7 Å². The lowest BCUT2D eigenvalue weighted by atomic mass is 9.98. The maximum absolute atomic E-state index is 12.8. The van der Waals surface area contributed by atoms with Gasteiger partial charge in [-0.3, -0.25) is 9.52 Å². The van der Waals surface area contributed by atoms with Gasteiger partial charge in [0, 0.05) is 24.6 Å². The SMILES string of the molecule is N#Cc1ccc(C(=O)N2CCCC(COc3cccc4c3C(N)=NS(=O)(=O)N4)C2)cc1. The molecule has 10 heteroatoms. The van der Waals surface area contributed by atoms with E-state index in [1.54, 1.807) is 47.4 Å². The van der Waals surface area contributed by atoms with E-state index in [2.05, 4.69) is 9.12 Å². The Balaban J connectivity index is 1.43. The van der Waals surface area contributed by atoms with E-state index in [0.29, 0.717) is 47.8 Å². The Kier molecular flexibility index (Phi) is 5.52. The van der Waals surface area contributed by atoms with E-state index in [-0.39, 0.29) is 17.7 Å². The third-order valence-corrected chi connectivity index (χ3v) is 6.20. The van der Waals surface area contributed by atoms with Crippen LogP contribution >= 0.6 is 0 Å². The summed E-state index contributed by atoms with van der Waals surface area (Å²) in [5.41, 5.74) is 7.66. The van der Waals surface area contributed by atoms with Gasteiger partial charge in [-0.15, -0.1) is 4.40 Å². The number of ether oxygens (including phenoxy) is 1. The summed E-state index contributed by atoms with van der Waals surface area (Å²) in [6, 6.07) is 13.6. The quantitative estimate of drug-likeness (QED) is 0.746. The molecular weight excluding hydrogens is 418 g/mol. The molecule has 0 aliphatic carbocycles. The van der Waals surface area contributed by atoms with Crippen molar-refractivity contribution in [1.29, 1.82) is 5.26 Å². The Labute approximate surface area is 180 Å². The van der Waals surface area contributed by atoms with Crippen molar-refractivity contribution in [2.24, 2.45) is 16.0 Å². The maximum atomic E-state index is 12.8. The zero-order chi connectivity index (χ0) is 22.0. The first kappa shape index (κ1) is 20.7. The van der Waals surface area contributed by atoms with E-state index in [9.17, 15) is 13.2 Å². The number of benzene rings is 2. The summed E-state index contributed by atoms with van der Waals surface area (Å²) in [5.74, 6) is 0.366. The second-order valence-electron chi connectivity index (χ2n) is 7.49. The average Bonchev–Trinajstić information content (AvgIpc) is 2.76. The van der Waals surface area contributed by atoms with Gasteiger partial charge >= 0.3 is 10.2 Å². The number of likely N-dealkylation sites (tertiary alicyclic amines) is 1. The minimum absolute atomic E-state index is 0.0722. The number of amides is 1. The van der Waals surface area contributed by atoms with Gasteiger partial charge in [0.2, 0.25) is 0 Å². The number of rotatable bonds is 4. The van der Waals surface area contributed by atoms with Crippen molar-refractivity contribution < 1.29 is 17.9 Å². The smallest absolute Gasteiger partial charge is 0.344 e. The lowest BCUT2D eigenvalue weighted by Crippen LogP contribution is -2.41. The van der Waals surface area contributed by atoms with E-state index in [1.165, 1.54) is 0 Å². The molecule has 2 heterocycles. The van der Waals surface area contributed by atoms with Crippen LogP contribution in [0.1, 0.15) is 34.3 Å². The highest BCUT2D eigenvalue weighted by molar-refractivity contribution is 7.91. The molecule has 0 bridgehead atoms. The fourth-order valence-electron chi connectivity index (χ4n) is 3.80. The number of amidine groups is 1. The number of hydrogen-bond donors (Lipinski definition) is 2. The first-order chi connectivity index (χ1) is 14.9. The molecule has 1 atom stereocenters. The van der Waals surface area contributed by atoms with Crippen LogP contribution in [0.3, 0.4) is 0 Å². The number of nitrogens with two attached hydrogens (primary N) is 1. The van der Waals surface area contributed by atoms with Crippen molar-refractivity contribution in [3.63, 3.8) is 0 Å². The Morgan fingerprint density at radius 2 is 2.06 bits per heavy atom. The number of hydrogen-bond acceptors (Lipinski definition) is 6. The molecule has 2 aliphatic heterocycles. The van der Waals surface area contributed by atoms with Crippen LogP contribution < -0.4 is 15.2 Å². The van der Waals surface area contributed by atoms with Crippen molar-refractivity contribution >= 4 is 27.6 Å². The van der Waals surface area contributed by atoms with Crippen LogP contribution in [0.4, 0.5) is 5.69 Å². The number of piperidine rings is 1. The molecular formula is C21H21N5O4S. The van der Waals surface area contributed by atoms with E-state index < -0.39 is 10.2 Å². The fraction of sp³-hybridized carbons (Fsp3) is 0.286. The first-order valence-corrected chi connectivity index (χ1v) is 11.2. The Bertz CT molecular complexity index is 1190. The Morgan fingerprint density at radius 3 is 2.81 bits per heavy atom. The molecule has 1 saturated heterocycles. The molecule has 1 fully saturated rings. The molecule has 0 saturated carbocycles. The van der Waals surface area contributed by atoms with Crippen molar-refractivity contribution in [3.05, 3.63) is 59.2 Å². The number of carbonyl (C=O) groups excluding carboxylic acids is 1. The molecule has 9 nitrogen and oxygen atoms in total. The van der Waals surface area contributed by atoms with Gasteiger partial charge in [0.1, 0.15) is 5.75 Å². The molecule has 2 aromatic carbocycles. The highest BCUT2D eigenvalue weighted by Gasteiger charge is 2.27. The van der Waals surface area contributed by atoms with E-state index in [0.717, 1.165) is 12.8 Å². The van der Waals surface area contributed by atoms with Crippen molar-refractivity contribution in [2.75, 3.05) is 24.4 Å². The van der Waals surface area contributed by atoms with Crippen LogP contribution in [0.2, 0.25) is 0 Å². The normalized spacial score (nSPS) is 19.4. The van der Waals surface area contributed by atoms with Gasteiger partial charge in [0.15, 0.2) is 5.84 Å². The topological polar surface area (TPSA) is 138 Å². The predicted octanol–water partition coefficient (Wildman–Crippen LogP) is 1.87. The minimum Gasteiger partial charge on any atom is -0.492 e. The summed E-state index contributed by atoms with van der Waals surface area (Å²) < 4.78 is 35.3. The van der Waals surface area contributed by atoms with Gasteiger partial charge in [-0.25, -0.2) is 0 Å². The molecule has 0 aromatic heterocycles. The molecule has 1 amide bonds. The number of nitrogens with zero attached hydrogens (tertiary/aromatic N) is 3. The maximum Gasteiger partial charge on any atom is 0.344 e. The van der Waals surface area contributed by atoms with Crippen LogP contribution in [0.15, 0.2) is 46.9 Å². The largest absolute Gasteiger partial charge is 0.492 e. The van der Waals surface area contributed by atoms with Gasteiger partial charge in [-0.05, 0) is 49.2 Å². The molecule has 0 spiro atoms. The second kappa shape index (κ2) is 8.28. The van der Waals surface area contributed by atoms with Gasteiger partial charge < -0.3 is 15.4 Å². The average molecular weight is 439 g/mol. The highest BCUT2D eigenvalue weighted by atomic mass is 32.2. The van der Waals surface area contributed by atoms with Gasteiger partial charge in [-0.2, -0.15) is 13.7 Å². The number of nitrogens with one attached hydrogen (secondary N) is 1. The minimum atomic E-state index is -3.85. The van der Waals surface area contributed by atoms with Gasteiger partial charge in [0.25, 0.3) is 5.91 Å². The summed E-state index contributed by atoms with van der Waals surface area (Å²) in [6.45, 7) is 1.56. The number of anilines is 1. The predicted molar refractivity (Wildman–Crippen MR) is 115 cm³/mol. The van der Waals surface area contributed by atoms with Crippen LogP contribution in [0.25, 0.3) is 0 Å². The lowest BCUT2D eigenvalue weighted by Gasteiger charge is -2.33. The number of nitriles is 1. The Hall–Kier alpha value is -3.58. The molecule has 4 rings (SSSR count). The molecule has 31 heavy (non-hydrogen) atoms. The van der Waals surface area contributed by atoms with Gasteiger partial charge in [0.05, 0.1) is 29.5 Å². The third kappa shape index (κ3) is 4.46. The van der Waals surface area contributed by atoms with E-state index in [1.807, 2.05) is 6.07 Å². The summed E-state index contributed by atoms with van der Waals surface area (Å²) in [5, 5.41) is 8.91. The summed E-state index contributed by atoms with van der Waals surface area (Å²) in [4.78, 5) is 14.6. The molecule has 0 radical (unpaired) electrons. The second-order valence-corrected chi connectivity index (χ2v) is 8.83. The summed E-state index contributed by atoms with van der Waals surface area (Å²) in [7, 11) is -3.85. The monoisotopic (exact) mass is 439 g/mol. The molecule has 3 N–H and O–H groups in total. The van der Waals surface area contributed by atoms with Crippen LogP contribution in [0, 0.1) is 17.2 Å². The van der Waals surface area contributed by atoms with Crippen LogP contribution in [-0.2, 0) is 10.2 Å². The van der Waals surface area contributed by atoms with E-state index >= 15 is 0 Å². The summed E-state index contributed by atoms with van der Waals surface area (Å²) >= 11 is 0. The Morgan fingerprint density at radius 1 is 1.29 bits per heavy atom. The van der Waals surface area contributed by atoms with Crippen LogP contribution in [0.5, 0.6) is 5.75 Å². The van der Waals surface area contributed by atoms with Gasteiger partial charge in [-0.1, -0.05) is 6.07 Å². The van der Waals surface area contributed by atoms with Crippen molar-refractivity contribution in [1.82, 2.24) is 4.90 Å². The molecule has 1 unspecified atom stereocenters. The van der Waals surface area contributed by atoms with Crippen molar-refractivity contribution in [2.45, 2.75) is 12.8 Å². The molecule has 2 aliphatic rings. The standard InChI is InChI=1S/C21H21N5O4S/c22-11-14-6-8-16(9-7-14)21(27)26-10-2-3-15(12-26)13-30-18-5-1-4-17-19(18)20(23)25-31(28,29)24-17/h1,4-9,15,24H,2-3,10,12-13H2,(H2,23,25). The number of carbonyl (C=O) groups is 1. The van der Waals surface area contributed by atoms with Crippen LogP contribution in [-0.4, -0.2) is 44.8 Å². The summed E-state index contributed by atoms with van der Waals surface area (Å²) in [6.07, 6.45) is 1.76. The number of fused-ring (bicyclic) bond motifs is 1. The third-order valence-electron chi connectivity index (χ3n) is 5.28. The van der Waals surface area contributed by atoms with Crippen molar-refractivity contribution in [3.8, 4) is 11.8 Å². The zero-order valence-electron chi connectivity index (χ0n) is 16.6. The molecule has 160 valence electrons. The lowest BCUT2D eigenvalue weighted by molar-refractivity contribution is 0.0633. The first-order valence-electron chi connectivity index (χ1n) is 9.80. The highest BCUT2D eigenvalue weighted by Crippen LogP contribution is 2.31.